The third kappa shape index (κ3) is 5.62. The third-order valence-corrected chi connectivity index (χ3v) is 6.88. The number of ether oxygens (including phenoxy) is 1. The van der Waals surface area contributed by atoms with Crippen LogP contribution in [0.25, 0.3) is 17.0 Å². The number of aromatic nitrogens is 1. The molecule has 1 fully saturated rings. The molecule has 0 radical (unpaired) electrons. The van der Waals surface area contributed by atoms with E-state index in [1.54, 1.807) is 18.3 Å². The highest BCUT2D eigenvalue weighted by atomic mass is 19.1. The van der Waals surface area contributed by atoms with Gasteiger partial charge in [0.2, 0.25) is 0 Å². The number of anilines is 1. The molecule has 1 aromatic heterocycles. The molecule has 5 rings (SSSR count). The molecule has 3 aromatic rings. The summed E-state index contributed by atoms with van der Waals surface area (Å²) in [4.78, 5) is 22.4. The maximum Gasteiger partial charge on any atom is 0.251 e. The standard InChI is InChI=1S/C31H33FN4O2/c1-4-27(33-5-2)25-13-8-21(16-28(25)35-23-11-12-23)31(37)34-15-14-24-17-26-19(3)18-38-30(26)29(36-24)20-6-9-22(32)10-7-20/h4-10,13,16-17,19,23,35H,11-12,14-15,18H2,1-3H3,(H,34,37)/b27-4-,33-5?. The fraction of sp³-hybridized carbons (Fsp3) is 0.323. The van der Waals surface area contributed by atoms with Crippen LogP contribution in [0.15, 0.2) is 59.6 Å². The van der Waals surface area contributed by atoms with Crippen molar-refractivity contribution >= 4 is 23.5 Å². The number of nitrogens with zero attached hydrogens (tertiary/aromatic N) is 2. The molecule has 1 amide bonds. The Balaban J connectivity index is 1.32. The zero-order valence-electron chi connectivity index (χ0n) is 22.1. The first-order valence-electron chi connectivity index (χ1n) is 13.2. The van der Waals surface area contributed by atoms with Gasteiger partial charge in [-0.15, -0.1) is 0 Å². The minimum Gasteiger partial charge on any atom is -0.490 e. The van der Waals surface area contributed by atoms with Gasteiger partial charge in [0.25, 0.3) is 5.91 Å². The van der Waals surface area contributed by atoms with E-state index in [1.807, 2.05) is 38.1 Å². The molecule has 0 spiro atoms. The van der Waals surface area contributed by atoms with Crippen molar-refractivity contribution < 1.29 is 13.9 Å². The van der Waals surface area contributed by atoms with Crippen LogP contribution in [0.1, 0.15) is 66.7 Å². The number of aliphatic imine (C=N–C) groups is 1. The van der Waals surface area contributed by atoms with Gasteiger partial charge in [0, 0.05) is 64.8 Å². The van der Waals surface area contributed by atoms with Crippen LogP contribution >= 0.6 is 0 Å². The van der Waals surface area contributed by atoms with Crippen LogP contribution in [0.4, 0.5) is 10.1 Å². The maximum absolute atomic E-state index is 13.5. The summed E-state index contributed by atoms with van der Waals surface area (Å²) in [6, 6.07) is 14.5. The van der Waals surface area contributed by atoms with E-state index in [-0.39, 0.29) is 17.6 Å². The molecule has 1 saturated carbocycles. The zero-order valence-corrected chi connectivity index (χ0v) is 22.1. The van der Waals surface area contributed by atoms with Crippen LogP contribution in [-0.4, -0.2) is 36.3 Å². The van der Waals surface area contributed by atoms with Crippen LogP contribution < -0.4 is 15.4 Å². The van der Waals surface area contributed by atoms with Gasteiger partial charge in [-0.3, -0.25) is 9.79 Å². The van der Waals surface area contributed by atoms with Gasteiger partial charge in [0.05, 0.1) is 12.3 Å². The Morgan fingerprint density at radius 1 is 1.16 bits per heavy atom. The number of allylic oxidation sites excluding steroid dienone is 1. The Labute approximate surface area is 223 Å². The number of rotatable bonds is 9. The van der Waals surface area contributed by atoms with Crippen molar-refractivity contribution in [3.05, 3.63) is 82.8 Å². The number of amides is 1. The fourth-order valence-electron chi connectivity index (χ4n) is 4.68. The molecule has 1 unspecified atom stereocenters. The lowest BCUT2D eigenvalue weighted by atomic mass is 9.99. The number of pyridine rings is 1. The van der Waals surface area contributed by atoms with Crippen molar-refractivity contribution in [3.63, 3.8) is 0 Å². The molecule has 2 N–H and O–H groups in total. The zero-order chi connectivity index (χ0) is 26.6. The number of hydrogen-bond acceptors (Lipinski definition) is 5. The molecule has 2 aliphatic rings. The van der Waals surface area contributed by atoms with Crippen molar-refractivity contribution in [2.75, 3.05) is 18.5 Å². The molecular formula is C31H33FN4O2. The monoisotopic (exact) mass is 512 g/mol. The topological polar surface area (TPSA) is 75.6 Å². The second-order valence-electron chi connectivity index (χ2n) is 9.85. The van der Waals surface area contributed by atoms with Crippen molar-refractivity contribution in [1.82, 2.24) is 10.3 Å². The van der Waals surface area contributed by atoms with E-state index in [0.29, 0.717) is 36.9 Å². The predicted octanol–water partition coefficient (Wildman–Crippen LogP) is 6.38. The van der Waals surface area contributed by atoms with E-state index in [4.69, 9.17) is 9.72 Å². The first-order chi connectivity index (χ1) is 18.5. The largest absolute Gasteiger partial charge is 0.490 e. The Morgan fingerprint density at radius 3 is 2.66 bits per heavy atom. The molecule has 2 heterocycles. The van der Waals surface area contributed by atoms with Gasteiger partial charge in [0.1, 0.15) is 17.3 Å². The lowest BCUT2D eigenvalue weighted by Gasteiger charge is -2.14. The molecule has 7 heteroatoms. The second kappa shape index (κ2) is 11.2. The molecule has 1 aliphatic heterocycles. The Kier molecular flexibility index (Phi) is 7.54. The smallest absolute Gasteiger partial charge is 0.251 e. The number of halogens is 1. The predicted molar refractivity (Wildman–Crippen MR) is 150 cm³/mol. The van der Waals surface area contributed by atoms with Crippen molar-refractivity contribution in [2.24, 2.45) is 4.99 Å². The SMILES string of the molecule is CC=N/C(=C\C)c1ccc(C(=O)NCCc2cc3c(c(-c4ccc(F)cc4)n2)OCC3C)cc1NC1CC1. The van der Waals surface area contributed by atoms with Crippen LogP contribution in [0.3, 0.4) is 0 Å². The van der Waals surface area contributed by atoms with Crippen molar-refractivity contribution in [3.8, 4) is 17.0 Å². The number of nitrogens with one attached hydrogen (secondary N) is 2. The molecule has 38 heavy (non-hydrogen) atoms. The van der Waals surface area contributed by atoms with Crippen molar-refractivity contribution in [1.29, 1.82) is 0 Å². The lowest BCUT2D eigenvalue weighted by molar-refractivity contribution is 0.0954. The second-order valence-corrected chi connectivity index (χ2v) is 9.85. The van der Waals surface area contributed by atoms with E-state index in [0.717, 1.165) is 52.4 Å². The van der Waals surface area contributed by atoms with Gasteiger partial charge in [-0.25, -0.2) is 9.37 Å². The van der Waals surface area contributed by atoms with Gasteiger partial charge < -0.3 is 15.4 Å². The van der Waals surface area contributed by atoms with Crippen LogP contribution in [-0.2, 0) is 6.42 Å². The molecule has 6 nitrogen and oxygen atoms in total. The summed E-state index contributed by atoms with van der Waals surface area (Å²) in [6.45, 7) is 7.01. The summed E-state index contributed by atoms with van der Waals surface area (Å²) in [7, 11) is 0. The molecule has 1 atom stereocenters. The van der Waals surface area contributed by atoms with Gasteiger partial charge in [0.15, 0.2) is 0 Å². The highest BCUT2D eigenvalue weighted by molar-refractivity contribution is 5.96. The molecule has 196 valence electrons. The summed E-state index contributed by atoms with van der Waals surface area (Å²) in [5.41, 5.74) is 6.88. The Hall–Kier alpha value is -4.00. The summed E-state index contributed by atoms with van der Waals surface area (Å²) < 4.78 is 19.4. The molecule has 1 aliphatic carbocycles. The highest BCUT2D eigenvalue weighted by Crippen LogP contribution is 2.41. The van der Waals surface area contributed by atoms with E-state index in [9.17, 15) is 9.18 Å². The maximum atomic E-state index is 13.5. The average Bonchev–Trinajstić information content (AvgIpc) is 3.67. The highest BCUT2D eigenvalue weighted by Gasteiger charge is 2.26. The van der Waals surface area contributed by atoms with Crippen LogP contribution in [0, 0.1) is 5.82 Å². The molecular weight excluding hydrogens is 479 g/mol. The number of fused-ring (bicyclic) bond motifs is 1. The van der Waals surface area contributed by atoms with Gasteiger partial charge in [-0.1, -0.05) is 13.0 Å². The Bertz CT molecular complexity index is 1390. The molecule has 0 saturated heterocycles. The number of carbonyl (C=O) groups is 1. The minimum atomic E-state index is -0.290. The first-order valence-corrected chi connectivity index (χ1v) is 13.2. The summed E-state index contributed by atoms with van der Waals surface area (Å²) in [6.07, 6.45) is 6.59. The number of benzene rings is 2. The average molecular weight is 513 g/mol. The number of hydrogen-bond donors (Lipinski definition) is 2. The van der Waals surface area contributed by atoms with Crippen LogP contribution in [0.5, 0.6) is 5.75 Å². The van der Waals surface area contributed by atoms with Gasteiger partial charge in [-0.2, -0.15) is 0 Å². The quantitative estimate of drug-likeness (QED) is 0.326. The first kappa shape index (κ1) is 25.6. The van der Waals surface area contributed by atoms with Gasteiger partial charge >= 0.3 is 0 Å². The fourth-order valence-corrected chi connectivity index (χ4v) is 4.68. The summed E-state index contributed by atoms with van der Waals surface area (Å²) in [5.74, 6) is 0.589. The Morgan fingerprint density at radius 2 is 1.95 bits per heavy atom. The third-order valence-electron chi connectivity index (χ3n) is 6.88. The van der Waals surface area contributed by atoms with Crippen LogP contribution in [0.2, 0.25) is 0 Å². The van der Waals surface area contributed by atoms with E-state index >= 15 is 0 Å². The summed E-state index contributed by atoms with van der Waals surface area (Å²) in [5, 5.41) is 6.59. The van der Waals surface area contributed by atoms with Gasteiger partial charge in [-0.05, 0) is 75.2 Å². The van der Waals surface area contributed by atoms with E-state index in [2.05, 4.69) is 28.6 Å². The lowest BCUT2D eigenvalue weighted by Crippen LogP contribution is -2.26. The minimum absolute atomic E-state index is 0.131. The molecule has 2 aromatic carbocycles. The normalized spacial score (nSPS) is 16.8. The number of carbonyl (C=O) groups excluding carboxylic acids is 1. The molecule has 0 bridgehead atoms. The summed E-state index contributed by atoms with van der Waals surface area (Å²) >= 11 is 0. The van der Waals surface area contributed by atoms with Crippen molar-refractivity contribution in [2.45, 2.75) is 52.0 Å². The van der Waals surface area contributed by atoms with E-state index < -0.39 is 0 Å². The van der Waals surface area contributed by atoms with E-state index in [1.165, 1.54) is 12.1 Å².